The Bertz CT molecular complexity index is 441. The van der Waals surface area contributed by atoms with Gasteiger partial charge in [-0.1, -0.05) is 25.1 Å². The highest BCUT2D eigenvalue weighted by Crippen LogP contribution is 2.26. The van der Waals surface area contributed by atoms with E-state index >= 15 is 0 Å². The molecule has 0 saturated heterocycles. The molecule has 1 rings (SSSR count). The molecule has 1 aromatic carbocycles. The molecule has 0 aliphatic carbocycles. The van der Waals surface area contributed by atoms with E-state index in [1.807, 2.05) is 13.0 Å². The summed E-state index contributed by atoms with van der Waals surface area (Å²) in [6.07, 6.45) is 0.561. The van der Waals surface area contributed by atoms with Crippen LogP contribution in [0.3, 0.4) is 0 Å². The molecule has 0 saturated carbocycles. The molecule has 1 amide bonds. The van der Waals surface area contributed by atoms with Crippen molar-refractivity contribution >= 4 is 17.6 Å². The van der Waals surface area contributed by atoms with Crippen molar-refractivity contribution in [1.29, 1.82) is 0 Å². The maximum Gasteiger partial charge on any atom is 0.323 e. The maximum absolute atomic E-state index is 12.5. The Morgan fingerprint density at radius 1 is 1.32 bits per heavy atom. The van der Waals surface area contributed by atoms with Crippen LogP contribution < -0.4 is 10.6 Å². The van der Waals surface area contributed by atoms with Crippen LogP contribution in [0.1, 0.15) is 20.3 Å². The minimum absolute atomic E-state index is 0.186. The molecule has 0 aliphatic rings. The number of aliphatic carboxylic acids is 1. The normalized spacial score (nSPS) is 13.6. The van der Waals surface area contributed by atoms with E-state index in [1.165, 1.54) is 4.90 Å². The Morgan fingerprint density at radius 2 is 1.89 bits per heavy atom. The monoisotopic (exact) mass is 264 g/mol. The molecule has 5 heteroatoms. The first-order valence-electron chi connectivity index (χ1n) is 6.23. The highest BCUT2D eigenvalue weighted by atomic mass is 16.4. The van der Waals surface area contributed by atoms with Crippen LogP contribution in [0, 0.1) is 5.41 Å². The largest absolute Gasteiger partial charge is 0.480 e. The van der Waals surface area contributed by atoms with Gasteiger partial charge in [0.25, 0.3) is 0 Å². The summed E-state index contributed by atoms with van der Waals surface area (Å²) in [4.78, 5) is 24.8. The molecule has 5 nitrogen and oxygen atoms in total. The van der Waals surface area contributed by atoms with E-state index in [1.54, 1.807) is 31.2 Å². The molecule has 0 heterocycles. The average molecular weight is 264 g/mol. The van der Waals surface area contributed by atoms with Crippen molar-refractivity contribution in [3.05, 3.63) is 30.3 Å². The van der Waals surface area contributed by atoms with Crippen LogP contribution in [-0.4, -0.2) is 30.1 Å². The highest BCUT2D eigenvalue weighted by Gasteiger charge is 2.35. The fraction of sp³-hybridized carbons (Fsp3) is 0.429. The maximum atomic E-state index is 12.5. The Labute approximate surface area is 113 Å². The van der Waals surface area contributed by atoms with Crippen LogP contribution in [-0.2, 0) is 9.59 Å². The molecule has 0 aromatic heterocycles. The minimum Gasteiger partial charge on any atom is -0.480 e. The number of nitrogens with two attached hydrogens (primary N) is 1. The summed E-state index contributed by atoms with van der Waals surface area (Å²) in [5.41, 5.74) is 5.50. The Morgan fingerprint density at radius 3 is 2.32 bits per heavy atom. The number of anilines is 1. The first kappa shape index (κ1) is 15.2. The van der Waals surface area contributed by atoms with Crippen LogP contribution in [0.25, 0.3) is 0 Å². The lowest BCUT2D eigenvalue weighted by molar-refractivity contribution is -0.138. The van der Waals surface area contributed by atoms with Gasteiger partial charge in [0, 0.05) is 12.2 Å². The standard InChI is InChI=1S/C14H20N2O3/c1-3-14(2,10-15)13(19)16(9-12(17)18)11-7-5-4-6-8-11/h4-8H,3,9-10,15H2,1-2H3,(H,17,18). The second-order valence-corrected chi connectivity index (χ2v) is 4.74. The summed E-state index contributed by atoms with van der Waals surface area (Å²) in [5, 5.41) is 8.98. The minimum atomic E-state index is -1.05. The van der Waals surface area contributed by atoms with Gasteiger partial charge in [-0.05, 0) is 25.5 Å². The Hall–Kier alpha value is -1.88. The zero-order chi connectivity index (χ0) is 14.5. The number of carboxylic acid groups (broad SMARTS) is 1. The van der Waals surface area contributed by atoms with Gasteiger partial charge in [0.15, 0.2) is 0 Å². The van der Waals surface area contributed by atoms with E-state index in [4.69, 9.17) is 10.8 Å². The Kier molecular flexibility index (Phi) is 5.06. The predicted octanol–water partition coefficient (Wildman–Crippen LogP) is 1.48. The van der Waals surface area contributed by atoms with Gasteiger partial charge in [-0.3, -0.25) is 9.59 Å². The third kappa shape index (κ3) is 3.54. The van der Waals surface area contributed by atoms with Gasteiger partial charge >= 0.3 is 5.97 Å². The zero-order valence-electron chi connectivity index (χ0n) is 11.3. The summed E-state index contributed by atoms with van der Waals surface area (Å²) >= 11 is 0. The number of amides is 1. The number of hydrogen-bond donors (Lipinski definition) is 2. The van der Waals surface area contributed by atoms with Crippen LogP contribution in [0.5, 0.6) is 0 Å². The number of rotatable bonds is 6. The molecule has 1 atom stereocenters. The van der Waals surface area contributed by atoms with Crippen LogP contribution in [0.4, 0.5) is 5.69 Å². The van der Waals surface area contributed by atoms with Crippen molar-refractivity contribution in [2.75, 3.05) is 18.0 Å². The summed E-state index contributed by atoms with van der Waals surface area (Å²) in [7, 11) is 0. The molecule has 0 bridgehead atoms. The van der Waals surface area contributed by atoms with Crippen LogP contribution in [0.15, 0.2) is 30.3 Å². The molecule has 0 aliphatic heterocycles. The topological polar surface area (TPSA) is 83.6 Å². The SMILES string of the molecule is CCC(C)(CN)C(=O)N(CC(=O)O)c1ccccc1. The molecule has 1 unspecified atom stereocenters. The molecule has 0 radical (unpaired) electrons. The van der Waals surface area contributed by atoms with Crippen molar-refractivity contribution in [2.24, 2.45) is 11.1 Å². The van der Waals surface area contributed by atoms with Gasteiger partial charge < -0.3 is 15.7 Å². The third-order valence-electron chi connectivity index (χ3n) is 3.35. The van der Waals surface area contributed by atoms with Gasteiger partial charge in [0.05, 0.1) is 5.41 Å². The van der Waals surface area contributed by atoms with E-state index in [0.29, 0.717) is 12.1 Å². The van der Waals surface area contributed by atoms with Crippen LogP contribution in [0.2, 0.25) is 0 Å². The Balaban J connectivity index is 3.11. The molecule has 1 aromatic rings. The lowest BCUT2D eigenvalue weighted by Gasteiger charge is -2.32. The fourth-order valence-corrected chi connectivity index (χ4v) is 1.73. The predicted molar refractivity (Wildman–Crippen MR) is 73.9 cm³/mol. The van der Waals surface area contributed by atoms with E-state index < -0.39 is 11.4 Å². The molecule has 19 heavy (non-hydrogen) atoms. The first-order valence-corrected chi connectivity index (χ1v) is 6.23. The molecule has 0 fully saturated rings. The number of carboxylic acids is 1. The highest BCUT2D eigenvalue weighted by molar-refractivity contribution is 6.00. The van der Waals surface area contributed by atoms with E-state index in [2.05, 4.69) is 0 Å². The molecule has 0 spiro atoms. The van der Waals surface area contributed by atoms with E-state index in [-0.39, 0.29) is 19.0 Å². The zero-order valence-corrected chi connectivity index (χ0v) is 11.3. The molecule has 104 valence electrons. The van der Waals surface area contributed by atoms with E-state index in [9.17, 15) is 9.59 Å². The van der Waals surface area contributed by atoms with Crippen molar-refractivity contribution in [3.63, 3.8) is 0 Å². The van der Waals surface area contributed by atoms with Gasteiger partial charge in [0.1, 0.15) is 6.54 Å². The fourth-order valence-electron chi connectivity index (χ4n) is 1.73. The lowest BCUT2D eigenvalue weighted by Crippen LogP contribution is -2.48. The first-order chi connectivity index (χ1) is 8.94. The summed E-state index contributed by atoms with van der Waals surface area (Å²) in [5.74, 6) is -1.31. The van der Waals surface area contributed by atoms with Crippen molar-refractivity contribution in [2.45, 2.75) is 20.3 Å². The number of benzene rings is 1. The van der Waals surface area contributed by atoms with Gasteiger partial charge in [-0.15, -0.1) is 0 Å². The average Bonchev–Trinajstić information content (AvgIpc) is 2.44. The summed E-state index contributed by atoms with van der Waals surface area (Å²) < 4.78 is 0. The van der Waals surface area contributed by atoms with Gasteiger partial charge in [-0.2, -0.15) is 0 Å². The van der Waals surface area contributed by atoms with Crippen molar-refractivity contribution < 1.29 is 14.7 Å². The van der Waals surface area contributed by atoms with E-state index in [0.717, 1.165) is 0 Å². The second-order valence-electron chi connectivity index (χ2n) is 4.74. The second kappa shape index (κ2) is 6.33. The molecular formula is C14H20N2O3. The number of hydrogen-bond acceptors (Lipinski definition) is 3. The number of carbonyl (C=O) groups excluding carboxylic acids is 1. The van der Waals surface area contributed by atoms with Crippen molar-refractivity contribution in [1.82, 2.24) is 0 Å². The van der Waals surface area contributed by atoms with Gasteiger partial charge in [-0.25, -0.2) is 0 Å². The van der Waals surface area contributed by atoms with Crippen molar-refractivity contribution in [3.8, 4) is 0 Å². The quantitative estimate of drug-likeness (QED) is 0.815. The van der Waals surface area contributed by atoms with Crippen LogP contribution >= 0.6 is 0 Å². The molecular weight excluding hydrogens is 244 g/mol. The summed E-state index contributed by atoms with van der Waals surface area (Å²) in [6, 6.07) is 8.78. The van der Waals surface area contributed by atoms with Gasteiger partial charge in [0.2, 0.25) is 5.91 Å². The molecule has 3 N–H and O–H groups in total. The number of nitrogens with zero attached hydrogens (tertiary/aromatic N) is 1. The lowest BCUT2D eigenvalue weighted by atomic mass is 9.86. The third-order valence-corrected chi connectivity index (χ3v) is 3.35. The number of para-hydroxylation sites is 1. The number of carbonyl (C=O) groups is 2. The summed E-state index contributed by atoms with van der Waals surface area (Å²) in [6.45, 7) is 3.45. The smallest absolute Gasteiger partial charge is 0.323 e.